The molecule has 0 unspecified atom stereocenters. The zero-order valence-corrected chi connectivity index (χ0v) is 11.4. The van der Waals surface area contributed by atoms with E-state index in [4.69, 9.17) is 11.6 Å². The van der Waals surface area contributed by atoms with Gasteiger partial charge in [0.15, 0.2) is 5.82 Å². The Labute approximate surface area is 113 Å². The van der Waals surface area contributed by atoms with E-state index < -0.39 is 0 Å². The molecule has 0 aliphatic carbocycles. The van der Waals surface area contributed by atoms with Crippen molar-refractivity contribution in [2.75, 3.05) is 17.7 Å². The van der Waals surface area contributed by atoms with Crippen molar-refractivity contribution in [2.45, 2.75) is 0 Å². The minimum Gasteiger partial charge on any atom is -0.372 e. The van der Waals surface area contributed by atoms with E-state index in [1.807, 2.05) is 18.2 Å². The number of hydrogen-bond acceptors (Lipinski definition) is 4. The first-order valence-corrected chi connectivity index (χ1v) is 6.08. The van der Waals surface area contributed by atoms with Gasteiger partial charge in [0.2, 0.25) is 0 Å². The van der Waals surface area contributed by atoms with Crippen molar-refractivity contribution >= 4 is 44.9 Å². The van der Waals surface area contributed by atoms with Gasteiger partial charge >= 0.3 is 0 Å². The van der Waals surface area contributed by atoms with E-state index in [1.54, 1.807) is 19.4 Å². The second kappa shape index (κ2) is 5.33. The first-order valence-electron chi connectivity index (χ1n) is 4.91. The monoisotopic (exact) mass is 312 g/mol. The van der Waals surface area contributed by atoms with Crippen LogP contribution in [-0.4, -0.2) is 17.0 Å². The van der Waals surface area contributed by atoms with Crippen LogP contribution in [0, 0.1) is 0 Å². The summed E-state index contributed by atoms with van der Waals surface area (Å²) in [4.78, 5) is 8.36. The van der Waals surface area contributed by atoms with Crippen LogP contribution >= 0.6 is 27.5 Å². The lowest BCUT2D eigenvalue weighted by Crippen LogP contribution is -1.98. The molecule has 2 rings (SSSR count). The molecular weight excluding hydrogens is 304 g/mol. The molecule has 17 heavy (non-hydrogen) atoms. The summed E-state index contributed by atoms with van der Waals surface area (Å²) in [6.45, 7) is 0. The molecule has 0 spiro atoms. The van der Waals surface area contributed by atoms with Gasteiger partial charge in [-0.1, -0.05) is 11.6 Å². The molecule has 0 bridgehead atoms. The summed E-state index contributed by atoms with van der Waals surface area (Å²) in [5.41, 5.74) is 0.862. The molecule has 0 aliphatic heterocycles. The van der Waals surface area contributed by atoms with E-state index in [0.29, 0.717) is 16.7 Å². The second-order valence-electron chi connectivity index (χ2n) is 3.29. The van der Waals surface area contributed by atoms with Gasteiger partial charge in [-0.15, -0.1) is 0 Å². The van der Waals surface area contributed by atoms with Gasteiger partial charge < -0.3 is 10.6 Å². The Morgan fingerprint density at radius 1 is 1.24 bits per heavy atom. The Balaban J connectivity index is 2.22. The predicted molar refractivity (Wildman–Crippen MR) is 74.0 cm³/mol. The summed E-state index contributed by atoms with van der Waals surface area (Å²) in [6, 6.07) is 5.60. The summed E-state index contributed by atoms with van der Waals surface area (Å²) in [5, 5.41) is 6.70. The quantitative estimate of drug-likeness (QED) is 0.907. The zero-order valence-electron chi connectivity index (χ0n) is 9.04. The van der Waals surface area contributed by atoms with Crippen LogP contribution in [-0.2, 0) is 0 Å². The molecule has 0 amide bonds. The number of halogens is 2. The van der Waals surface area contributed by atoms with Gasteiger partial charge in [0.1, 0.15) is 5.82 Å². The molecular formula is C11H10BrClN4. The highest BCUT2D eigenvalue weighted by atomic mass is 79.9. The van der Waals surface area contributed by atoms with E-state index in [0.717, 1.165) is 10.2 Å². The van der Waals surface area contributed by atoms with E-state index in [2.05, 4.69) is 36.5 Å². The lowest BCUT2D eigenvalue weighted by molar-refractivity contribution is 1.18. The van der Waals surface area contributed by atoms with Crippen molar-refractivity contribution in [3.05, 3.63) is 40.1 Å². The number of nitrogens with one attached hydrogen (secondary N) is 2. The molecule has 0 aliphatic rings. The molecule has 1 heterocycles. The molecule has 2 aromatic rings. The summed E-state index contributed by atoms with van der Waals surface area (Å²) < 4.78 is 0.861. The van der Waals surface area contributed by atoms with Gasteiger partial charge in [-0.05, 0) is 34.1 Å². The molecule has 0 saturated carbocycles. The van der Waals surface area contributed by atoms with Gasteiger partial charge in [0.05, 0.1) is 17.4 Å². The van der Waals surface area contributed by atoms with Crippen LogP contribution in [0.3, 0.4) is 0 Å². The molecule has 2 N–H and O–H groups in total. The maximum Gasteiger partial charge on any atom is 0.151 e. The first kappa shape index (κ1) is 12.1. The number of aromatic nitrogens is 2. The van der Waals surface area contributed by atoms with Crippen LogP contribution in [0.1, 0.15) is 0 Å². The van der Waals surface area contributed by atoms with Crippen molar-refractivity contribution in [2.24, 2.45) is 0 Å². The average Bonchev–Trinajstić information content (AvgIpc) is 2.34. The molecule has 0 atom stereocenters. The number of anilines is 3. The summed E-state index contributed by atoms with van der Waals surface area (Å²) in [5.74, 6) is 1.37. The van der Waals surface area contributed by atoms with Crippen LogP contribution < -0.4 is 10.6 Å². The third-order valence-corrected chi connectivity index (χ3v) is 3.32. The van der Waals surface area contributed by atoms with E-state index in [1.165, 1.54) is 0 Å². The maximum absolute atomic E-state index is 6.00. The minimum atomic E-state index is 0.646. The van der Waals surface area contributed by atoms with Gasteiger partial charge in [0, 0.05) is 17.2 Å². The normalized spacial score (nSPS) is 10.1. The lowest BCUT2D eigenvalue weighted by atomic mass is 10.3. The molecule has 4 nitrogen and oxygen atoms in total. The van der Waals surface area contributed by atoms with E-state index in [9.17, 15) is 0 Å². The van der Waals surface area contributed by atoms with Gasteiger partial charge in [0.25, 0.3) is 0 Å². The third-order valence-electron chi connectivity index (χ3n) is 2.08. The molecule has 0 saturated heterocycles. The van der Waals surface area contributed by atoms with Crippen LogP contribution in [0.25, 0.3) is 0 Å². The highest BCUT2D eigenvalue weighted by Crippen LogP contribution is 2.26. The summed E-state index contributed by atoms with van der Waals surface area (Å²) >= 11 is 9.34. The minimum absolute atomic E-state index is 0.646. The molecule has 0 radical (unpaired) electrons. The van der Waals surface area contributed by atoms with Gasteiger partial charge in [-0.3, -0.25) is 4.98 Å². The largest absolute Gasteiger partial charge is 0.372 e. The SMILES string of the molecule is CNc1cncc(Nc2ccc(Br)c(Cl)c2)n1. The molecule has 0 fully saturated rings. The highest BCUT2D eigenvalue weighted by molar-refractivity contribution is 9.10. The second-order valence-corrected chi connectivity index (χ2v) is 4.55. The molecule has 88 valence electrons. The Bertz CT molecular complexity index is 533. The van der Waals surface area contributed by atoms with Crippen molar-refractivity contribution in [3.63, 3.8) is 0 Å². The Kier molecular flexibility index (Phi) is 3.81. The van der Waals surface area contributed by atoms with Crippen LogP contribution in [0.2, 0.25) is 5.02 Å². The van der Waals surface area contributed by atoms with Crippen LogP contribution in [0.15, 0.2) is 35.1 Å². The number of benzene rings is 1. The number of nitrogens with zero attached hydrogens (tertiary/aromatic N) is 2. The number of rotatable bonds is 3. The zero-order chi connectivity index (χ0) is 12.3. The molecule has 6 heteroatoms. The molecule has 1 aromatic carbocycles. The standard InChI is InChI=1S/C11H10BrClN4/c1-14-10-5-15-6-11(17-10)16-7-2-3-8(12)9(13)4-7/h2-6H,1H3,(H2,14,16,17). The highest BCUT2D eigenvalue weighted by Gasteiger charge is 2.01. The van der Waals surface area contributed by atoms with Crippen molar-refractivity contribution in [1.29, 1.82) is 0 Å². The Morgan fingerprint density at radius 2 is 2.00 bits per heavy atom. The van der Waals surface area contributed by atoms with E-state index >= 15 is 0 Å². The number of hydrogen-bond donors (Lipinski definition) is 2. The van der Waals surface area contributed by atoms with Crippen molar-refractivity contribution in [1.82, 2.24) is 9.97 Å². The van der Waals surface area contributed by atoms with Crippen molar-refractivity contribution in [3.8, 4) is 0 Å². The Hall–Kier alpha value is -1.33. The summed E-state index contributed by atoms with van der Waals surface area (Å²) in [6.07, 6.45) is 3.30. The first-order chi connectivity index (χ1) is 8.19. The predicted octanol–water partition coefficient (Wildman–Crippen LogP) is 3.68. The van der Waals surface area contributed by atoms with Crippen LogP contribution in [0.4, 0.5) is 17.3 Å². The Morgan fingerprint density at radius 3 is 2.71 bits per heavy atom. The fraction of sp³-hybridized carbons (Fsp3) is 0.0909. The van der Waals surface area contributed by atoms with Gasteiger partial charge in [-0.25, -0.2) is 4.98 Å². The fourth-order valence-electron chi connectivity index (χ4n) is 1.27. The summed E-state index contributed by atoms with van der Waals surface area (Å²) in [7, 11) is 1.80. The smallest absolute Gasteiger partial charge is 0.151 e. The van der Waals surface area contributed by atoms with E-state index in [-0.39, 0.29) is 0 Å². The topological polar surface area (TPSA) is 49.8 Å². The van der Waals surface area contributed by atoms with Crippen LogP contribution in [0.5, 0.6) is 0 Å². The third kappa shape index (κ3) is 3.08. The van der Waals surface area contributed by atoms with Gasteiger partial charge in [-0.2, -0.15) is 0 Å². The lowest BCUT2D eigenvalue weighted by Gasteiger charge is -2.07. The average molecular weight is 314 g/mol. The maximum atomic E-state index is 6.00. The fourth-order valence-corrected chi connectivity index (χ4v) is 1.70. The van der Waals surface area contributed by atoms with Crippen molar-refractivity contribution < 1.29 is 0 Å². The molecule has 1 aromatic heterocycles.